The van der Waals surface area contributed by atoms with E-state index in [1.807, 2.05) is 12.1 Å². The quantitative estimate of drug-likeness (QED) is 0.0699. The Morgan fingerprint density at radius 2 is 1.25 bits per heavy atom. The Morgan fingerprint density at radius 3 is 1.78 bits per heavy atom. The number of aromatic amines is 1. The predicted molar refractivity (Wildman–Crippen MR) is 218 cm³/mol. The van der Waals surface area contributed by atoms with E-state index >= 15 is 0 Å². The molecular formula is C43H52N4O7S. The van der Waals surface area contributed by atoms with Gasteiger partial charge >= 0.3 is 16.8 Å². The van der Waals surface area contributed by atoms with Gasteiger partial charge in [-0.25, -0.2) is 9.59 Å². The molecule has 1 fully saturated rings. The molecule has 1 aromatic heterocycles. The highest BCUT2D eigenvalue weighted by molar-refractivity contribution is 7.16. The number of hydrogen-bond donors (Lipinski definition) is 5. The Kier molecular flexibility index (Phi) is 17.6. The molecule has 0 bridgehead atoms. The molecule has 6 N–H and O–H groups in total. The highest BCUT2D eigenvalue weighted by Crippen LogP contribution is 2.29. The summed E-state index contributed by atoms with van der Waals surface area (Å²) in [7, 11) is 0. The monoisotopic (exact) mass is 768 g/mol. The van der Waals surface area contributed by atoms with Crippen LogP contribution in [-0.4, -0.2) is 86.7 Å². The van der Waals surface area contributed by atoms with Crippen LogP contribution in [0.3, 0.4) is 0 Å². The zero-order valence-electron chi connectivity index (χ0n) is 31.1. The number of nitrogens with two attached hydrogens (primary N) is 1. The number of aromatic carboxylic acids is 2. The number of carbonyl (C=O) groups excluding carboxylic acids is 1. The first-order valence-corrected chi connectivity index (χ1v) is 19.6. The number of thiazole rings is 1. The third-order valence-corrected chi connectivity index (χ3v) is 10.6. The maximum absolute atomic E-state index is 12.0. The molecule has 11 nitrogen and oxygen atoms in total. The molecule has 4 aromatic carbocycles. The van der Waals surface area contributed by atoms with E-state index in [1.165, 1.54) is 55.4 Å². The molecule has 1 heterocycles. The lowest BCUT2D eigenvalue weighted by atomic mass is 10.0. The summed E-state index contributed by atoms with van der Waals surface area (Å²) in [5, 5.41) is 26.9. The van der Waals surface area contributed by atoms with Crippen LogP contribution in [0.4, 0.5) is 0 Å². The van der Waals surface area contributed by atoms with Crippen molar-refractivity contribution in [2.75, 3.05) is 32.7 Å². The summed E-state index contributed by atoms with van der Waals surface area (Å²) in [6.45, 7) is 4.29. The molecule has 12 heteroatoms. The standard InChI is InChI=1S/C29H40N4O3S.2C7H6O2/c30-26(35)16-18-32(17-14-22-8-4-3-5-9-22)20-21-33(24-10-6-1-2-7-11-24)19-15-23-12-13-25(34)27-28(23)37-29(36)31-27;2*8-7(9)6-4-2-1-3-5-6/h3-5,8-9,12-13,24,34H,1-2,6-7,10-11,14-21H2,(H2,30,35)(H,31,36);2*1-5H,(H,8,9). The number of aromatic nitrogens is 1. The SMILES string of the molecule is NC(=O)CCN(CCc1ccccc1)CCN(CCc1ccc(O)c2[nH]c(=O)sc12)C1CCCCCC1.O=C(O)c1ccccc1.O=C(O)c1ccccc1. The fraction of sp³-hybridized carbons (Fsp3) is 0.349. The largest absolute Gasteiger partial charge is 0.506 e. The second-order valence-electron chi connectivity index (χ2n) is 13.5. The normalized spacial score (nSPS) is 13.0. The maximum Gasteiger partial charge on any atom is 0.335 e. The summed E-state index contributed by atoms with van der Waals surface area (Å²) in [6, 6.07) is 31.2. The number of nitrogens with zero attached hydrogens (tertiary/aromatic N) is 2. The molecule has 1 saturated carbocycles. The van der Waals surface area contributed by atoms with E-state index < -0.39 is 11.9 Å². The molecule has 1 amide bonds. The van der Waals surface area contributed by atoms with Crippen molar-refractivity contribution in [1.29, 1.82) is 0 Å². The van der Waals surface area contributed by atoms with Crippen molar-refractivity contribution in [2.45, 2.75) is 63.8 Å². The Labute approximate surface area is 326 Å². The number of carbonyl (C=O) groups is 3. The fourth-order valence-electron chi connectivity index (χ4n) is 6.60. The number of primary amides is 1. The van der Waals surface area contributed by atoms with Crippen LogP contribution in [0.1, 0.15) is 76.8 Å². The molecule has 0 atom stereocenters. The zero-order valence-corrected chi connectivity index (χ0v) is 32.0. The van der Waals surface area contributed by atoms with Gasteiger partial charge in [-0.1, -0.05) is 110 Å². The summed E-state index contributed by atoms with van der Waals surface area (Å²) in [5.41, 5.74) is 9.10. The second-order valence-corrected chi connectivity index (χ2v) is 14.5. The first kappa shape index (κ1) is 42.4. The Bertz CT molecular complexity index is 1910. The van der Waals surface area contributed by atoms with Gasteiger partial charge in [0.05, 0.1) is 15.8 Å². The van der Waals surface area contributed by atoms with Crippen LogP contribution in [0.15, 0.2) is 108 Å². The van der Waals surface area contributed by atoms with Gasteiger partial charge in [-0.2, -0.15) is 0 Å². The molecule has 6 rings (SSSR count). The molecule has 0 aliphatic heterocycles. The van der Waals surface area contributed by atoms with Crippen LogP contribution in [0.5, 0.6) is 5.75 Å². The minimum absolute atomic E-state index is 0.126. The Hall–Kier alpha value is -5.30. The first-order valence-electron chi connectivity index (χ1n) is 18.8. The van der Waals surface area contributed by atoms with E-state index in [0.717, 1.165) is 49.3 Å². The van der Waals surface area contributed by atoms with Crippen LogP contribution in [0.25, 0.3) is 10.2 Å². The molecule has 1 aliphatic carbocycles. The molecule has 0 saturated heterocycles. The van der Waals surface area contributed by atoms with E-state index in [1.54, 1.807) is 66.7 Å². The highest BCUT2D eigenvalue weighted by atomic mass is 32.1. The molecule has 1 aliphatic rings. The smallest absolute Gasteiger partial charge is 0.335 e. The van der Waals surface area contributed by atoms with Crippen molar-refractivity contribution in [3.8, 4) is 5.75 Å². The lowest BCUT2D eigenvalue weighted by Gasteiger charge is -2.33. The second kappa shape index (κ2) is 22.8. The molecular weight excluding hydrogens is 717 g/mol. The maximum atomic E-state index is 12.0. The van der Waals surface area contributed by atoms with E-state index in [9.17, 15) is 24.3 Å². The van der Waals surface area contributed by atoms with Gasteiger partial charge in [-0.05, 0) is 67.1 Å². The number of benzene rings is 4. The van der Waals surface area contributed by atoms with Crippen LogP contribution >= 0.6 is 11.3 Å². The number of carboxylic acid groups (broad SMARTS) is 2. The topological polar surface area (TPSA) is 177 Å². The van der Waals surface area contributed by atoms with Crippen molar-refractivity contribution in [1.82, 2.24) is 14.8 Å². The number of H-pyrrole nitrogens is 1. The summed E-state index contributed by atoms with van der Waals surface area (Å²) in [4.78, 5) is 51.5. The Morgan fingerprint density at radius 1 is 0.691 bits per heavy atom. The van der Waals surface area contributed by atoms with Gasteiger partial charge in [0, 0.05) is 45.2 Å². The van der Waals surface area contributed by atoms with Gasteiger partial charge in [0.1, 0.15) is 11.3 Å². The summed E-state index contributed by atoms with van der Waals surface area (Å²) in [6.07, 6.45) is 9.72. The number of aromatic hydroxyl groups is 1. The van der Waals surface area contributed by atoms with Crippen LogP contribution in [0.2, 0.25) is 0 Å². The summed E-state index contributed by atoms with van der Waals surface area (Å²) >= 11 is 1.17. The minimum Gasteiger partial charge on any atom is -0.506 e. The fourth-order valence-corrected chi connectivity index (χ4v) is 7.50. The van der Waals surface area contributed by atoms with E-state index in [0.29, 0.717) is 35.7 Å². The van der Waals surface area contributed by atoms with Crippen molar-refractivity contribution >= 4 is 39.4 Å². The first-order chi connectivity index (χ1) is 26.6. The van der Waals surface area contributed by atoms with Crippen molar-refractivity contribution in [3.63, 3.8) is 0 Å². The zero-order chi connectivity index (χ0) is 39.4. The van der Waals surface area contributed by atoms with E-state index in [-0.39, 0.29) is 16.5 Å². The molecule has 0 unspecified atom stereocenters. The highest BCUT2D eigenvalue weighted by Gasteiger charge is 2.22. The number of rotatable bonds is 15. The van der Waals surface area contributed by atoms with Crippen molar-refractivity contribution < 1.29 is 29.7 Å². The third-order valence-electron chi connectivity index (χ3n) is 9.63. The summed E-state index contributed by atoms with van der Waals surface area (Å²) < 4.78 is 0.858. The number of nitrogens with one attached hydrogen (secondary N) is 1. The third kappa shape index (κ3) is 14.8. The number of carboxylic acids is 2. The predicted octanol–water partition coefficient (Wildman–Crippen LogP) is 7.05. The van der Waals surface area contributed by atoms with Gasteiger partial charge < -0.3 is 30.9 Å². The number of hydrogen-bond acceptors (Lipinski definition) is 8. The van der Waals surface area contributed by atoms with Crippen LogP contribution in [0, 0.1) is 0 Å². The molecule has 55 heavy (non-hydrogen) atoms. The van der Waals surface area contributed by atoms with Crippen molar-refractivity contribution in [2.24, 2.45) is 5.73 Å². The number of fused-ring (bicyclic) bond motifs is 1. The van der Waals surface area contributed by atoms with Crippen molar-refractivity contribution in [3.05, 3.63) is 135 Å². The van der Waals surface area contributed by atoms with Gasteiger partial charge in [0.15, 0.2) is 0 Å². The van der Waals surface area contributed by atoms with Gasteiger partial charge in [0.2, 0.25) is 5.91 Å². The lowest BCUT2D eigenvalue weighted by Crippen LogP contribution is -2.43. The number of amides is 1. The average Bonchev–Trinajstić information content (AvgIpc) is 3.40. The minimum atomic E-state index is -0.879. The van der Waals surface area contributed by atoms with Gasteiger partial charge in [-0.15, -0.1) is 0 Å². The molecule has 0 radical (unpaired) electrons. The molecule has 5 aromatic rings. The van der Waals surface area contributed by atoms with Gasteiger partial charge in [0.25, 0.3) is 0 Å². The summed E-state index contributed by atoms with van der Waals surface area (Å²) in [5.74, 6) is -1.89. The van der Waals surface area contributed by atoms with E-state index in [2.05, 4.69) is 39.0 Å². The average molecular weight is 769 g/mol. The van der Waals surface area contributed by atoms with Crippen LogP contribution in [-0.2, 0) is 17.6 Å². The number of phenols is 1. The Balaban J connectivity index is 0.000000303. The number of phenolic OH excluding ortho intramolecular Hbond substituents is 1. The lowest BCUT2D eigenvalue weighted by molar-refractivity contribution is -0.118. The van der Waals surface area contributed by atoms with Crippen LogP contribution < -0.4 is 10.6 Å². The van der Waals surface area contributed by atoms with Gasteiger partial charge in [-0.3, -0.25) is 14.5 Å². The van der Waals surface area contributed by atoms with E-state index in [4.69, 9.17) is 15.9 Å². The molecule has 0 spiro atoms. The molecule has 292 valence electrons.